The summed E-state index contributed by atoms with van der Waals surface area (Å²) in [4.78, 5) is 4.40. The second kappa shape index (κ2) is 4.10. The first kappa shape index (κ1) is 10.9. The molecule has 16 heavy (non-hydrogen) atoms. The lowest BCUT2D eigenvalue weighted by Crippen LogP contribution is -2.19. The van der Waals surface area contributed by atoms with Gasteiger partial charge in [-0.25, -0.2) is 0 Å². The van der Waals surface area contributed by atoms with Crippen molar-refractivity contribution in [1.29, 1.82) is 0 Å². The molecular formula is C13H14N2S. The van der Waals surface area contributed by atoms with E-state index < -0.39 is 0 Å². The van der Waals surface area contributed by atoms with Gasteiger partial charge in [-0.05, 0) is 24.3 Å². The number of nitrogen functional groups attached to an aromatic ring is 1. The van der Waals surface area contributed by atoms with Crippen molar-refractivity contribution in [3.63, 3.8) is 0 Å². The Bertz CT molecular complexity index is 489. The Morgan fingerprint density at radius 1 is 1.31 bits per heavy atom. The number of fused-ring (bicyclic) bond motifs is 1. The third-order valence-electron chi connectivity index (χ3n) is 2.56. The molecule has 0 radical (unpaired) electrons. The molecule has 0 aliphatic carbocycles. The molecule has 1 aliphatic rings. The van der Waals surface area contributed by atoms with Crippen LogP contribution in [0.5, 0.6) is 0 Å². The van der Waals surface area contributed by atoms with Crippen LogP contribution in [-0.4, -0.2) is 7.05 Å². The minimum absolute atomic E-state index is 0.775. The summed E-state index contributed by atoms with van der Waals surface area (Å²) in [5.74, 6) is 0. The minimum atomic E-state index is 0.775. The number of nitrogens with two attached hydrogens (primary N) is 1. The van der Waals surface area contributed by atoms with E-state index in [0.717, 1.165) is 22.0 Å². The lowest BCUT2D eigenvalue weighted by atomic mass is 10.2. The first-order chi connectivity index (χ1) is 7.67. The van der Waals surface area contributed by atoms with Gasteiger partial charge in [0.1, 0.15) is 0 Å². The smallest absolute Gasteiger partial charge is 0.0570 e. The summed E-state index contributed by atoms with van der Waals surface area (Å²) < 4.78 is 0. The minimum Gasteiger partial charge on any atom is -0.399 e. The van der Waals surface area contributed by atoms with Crippen LogP contribution in [0.4, 0.5) is 11.4 Å². The molecule has 0 spiro atoms. The molecule has 0 saturated heterocycles. The van der Waals surface area contributed by atoms with E-state index in [1.807, 2.05) is 37.4 Å². The lowest BCUT2D eigenvalue weighted by molar-refractivity contribution is 1.09. The lowest BCUT2D eigenvalue weighted by Gasteiger charge is -2.29. The van der Waals surface area contributed by atoms with Crippen LogP contribution in [-0.2, 0) is 0 Å². The molecule has 2 nitrogen and oxygen atoms in total. The molecule has 0 bridgehead atoms. The Morgan fingerprint density at radius 3 is 2.69 bits per heavy atom. The van der Waals surface area contributed by atoms with Gasteiger partial charge in [-0.2, -0.15) is 0 Å². The summed E-state index contributed by atoms with van der Waals surface area (Å²) in [6.45, 7) is 7.67. The Morgan fingerprint density at radius 2 is 2.06 bits per heavy atom. The molecule has 0 saturated carbocycles. The van der Waals surface area contributed by atoms with E-state index in [4.69, 9.17) is 5.73 Å². The van der Waals surface area contributed by atoms with Crippen LogP contribution >= 0.6 is 11.8 Å². The number of allylic oxidation sites excluding steroid dienone is 2. The van der Waals surface area contributed by atoms with Gasteiger partial charge in [0.25, 0.3) is 0 Å². The molecule has 0 aromatic heterocycles. The van der Waals surface area contributed by atoms with Crippen molar-refractivity contribution in [3.8, 4) is 0 Å². The Balaban J connectivity index is 2.57. The fraction of sp³-hybridized carbons (Fsp3) is 0.0769. The number of benzene rings is 1. The number of rotatable bonds is 2. The highest BCUT2D eigenvalue weighted by Crippen LogP contribution is 2.43. The van der Waals surface area contributed by atoms with E-state index in [1.54, 1.807) is 11.8 Å². The maximum Gasteiger partial charge on any atom is 0.0570 e. The number of nitrogens with zero attached hydrogens (tertiary/aromatic N) is 1. The Kier molecular flexibility index (Phi) is 2.79. The van der Waals surface area contributed by atoms with Gasteiger partial charge < -0.3 is 10.6 Å². The number of likely N-dealkylation sites (N-methyl/N-ethyl adjacent to an activating group) is 1. The number of thioether (sulfide) groups is 1. The average Bonchev–Trinajstić information content (AvgIpc) is 2.29. The van der Waals surface area contributed by atoms with Crippen LogP contribution in [0, 0.1) is 0 Å². The molecule has 3 heteroatoms. The maximum absolute atomic E-state index is 5.80. The predicted molar refractivity (Wildman–Crippen MR) is 72.5 cm³/mol. The number of hydrogen-bond donors (Lipinski definition) is 1. The van der Waals surface area contributed by atoms with Crippen LogP contribution in [0.2, 0.25) is 0 Å². The normalized spacial score (nSPS) is 14.7. The summed E-state index contributed by atoms with van der Waals surface area (Å²) in [6.07, 6.45) is 3.70. The number of hydrogen-bond acceptors (Lipinski definition) is 3. The molecule has 0 unspecified atom stereocenters. The van der Waals surface area contributed by atoms with E-state index in [2.05, 4.69) is 18.1 Å². The van der Waals surface area contributed by atoms with Crippen LogP contribution in [0.15, 0.2) is 59.0 Å². The fourth-order valence-electron chi connectivity index (χ4n) is 1.73. The largest absolute Gasteiger partial charge is 0.399 e. The topological polar surface area (TPSA) is 29.3 Å². The Labute approximate surface area is 100 Å². The van der Waals surface area contributed by atoms with Gasteiger partial charge in [0, 0.05) is 22.5 Å². The van der Waals surface area contributed by atoms with Crippen molar-refractivity contribution >= 4 is 23.1 Å². The quantitative estimate of drug-likeness (QED) is 0.790. The van der Waals surface area contributed by atoms with Crippen LogP contribution in [0.3, 0.4) is 0 Å². The molecule has 1 heterocycles. The van der Waals surface area contributed by atoms with E-state index in [1.165, 1.54) is 4.90 Å². The van der Waals surface area contributed by atoms with Crippen molar-refractivity contribution in [3.05, 3.63) is 54.1 Å². The van der Waals surface area contributed by atoms with E-state index in [9.17, 15) is 0 Å². The van der Waals surface area contributed by atoms with Crippen LogP contribution < -0.4 is 10.6 Å². The molecule has 2 N–H and O–H groups in total. The molecule has 1 aromatic rings. The summed E-state index contributed by atoms with van der Waals surface area (Å²) in [6, 6.07) is 5.93. The van der Waals surface area contributed by atoms with Gasteiger partial charge in [0.05, 0.1) is 11.4 Å². The van der Waals surface area contributed by atoms with Gasteiger partial charge in [-0.1, -0.05) is 31.0 Å². The number of anilines is 2. The maximum atomic E-state index is 5.80. The zero-order valence-corrected chi connectivity index (χ0v) is 10.1. The van der Waals surface area contributed by atoms with E-state index in [0.29, 0.717) is 0 Å². The summed E-state index contributed by atoms with van der Waals surface area (Å²) in [7, 11) is 2.01. The van der Waals surface area contributed by atoms with E-state index >= 15 is 0 Å². The van der Waals surface area contributed by atoms with Gasteiger partial charge in [-0.15, -0.1) is 0 Å². The molecule has 0 atom stereocenters. The fourth-order valence-corrected chi connectivity index (χ4v) is 2.81. The zero-order chi connectivity index (χ0) is 11.7. The molecular weight excluding hydrogens is 216 g/mol. The van der Waals surface area contributed by atoms with Crippen LogP contribution in [0.25, 0.3) is 0 Å². The summed E-state index contributed by atoms with van der Waals surface area (Å²) >= 11 is 1.70. The molecule has 0 amide bonds. The second-order valence-electron chi connectivity index (χ2n) is 3.55. The standard InChI is InChI=1S/C13H14N2S/c1-4-10-12(5-2)16-13-7-6-9(14)8-11(13)15(10)3/h4-8H,1-2,14H2,3H3. The summed E-state index contributed by atoms with van der Waals surface area (Å²) in [5, 5.41) is 0. The first-order valence-corrected chi connectivity index (χ1v) is 5.79. The van der Waals surface area contributed by atoms with Crippen molar-refractivity contribution in [1.82, 2.24) is 0 Å². The Hall–Kier alpha value is -1.61. The van der Waals surface area contributed by atoms with E-state index in [-0.39, 0.29) is 0 Å². The highest BCUT2D eigenvalue weighted by atomic mass is 32.2. The third-order valence-corrected chi connectivity index (χ3v) is 3.72. The third kappa shape index (κ3) is 1.63. The zero-order valence-electron chi connectivity index (χ0n) is 9.23. The monoisotopic (exact) mass is 230 g/mol. The molecule has 1 aliphatic heterocycles. The van der Waals surface area contributed by atoms with Crippen LogP contribution in [0.1, 0.15) is 0 Å². The van der Waals surface area contributed by atoms with Gasteiger partial charge >= 0.3 is 0 Å². The van der Waals surface area contributed by atoms with Crippen molar-refractivity contribution in [2.45, 2.75) is 4.90 Å². The van der Waals surface area contributed by atoms with Gasteiger partial charge in [0.2, 0.25) is 0 Å². The summed E-state index contributed by atoms with van der Waals surface area (Å²) in [5.41, 5.74) is 8.76. The van der Waals surface area contributed by atoms with Crippen molar-refractivity contribution in [2.24, 2.45) is 0 Å². The first-order valence-electron chi connectivity index (χ1n) is 4.97. The second-order valence-corrected chi connectivity index (χ2v) is 4.63. The van der Waals surface area contributed by atoms with Crippen molar-refractivity contribution in [2.75, 3.05) is 17.7 Å². The van der Waals surface area contributed by atoms with Crippen molar-refractivity contribution < 1.29 is 0 Å². The molecule has 82 valence electrons. The molecule has 0 fully saturated rings. The molecule has 1 aromatic carbocycles. The van der Waals surface area contributed by atoms with Gasteiger partial charge in [-0.3, -0.25) is 0 Å². The average molecular weight is 230 g/mol. The highest BCUT2D eigenvalue weighted by Gasteiger charge is 2.19. The van der Waals surface area contributed by atoms with Gasteiger partial charge in [0.15, 0.2) is 0 Å². The SMILES string of the molecule is C=CC1=C(C=C)N(C)c2cc(N)ccc2S1. The highest BCUT2D eigenvalue weighted by molar-refractivity contribution is 8.03. The predicted octanol–water partition coefficient (Wildman–Crippen LogP) is 3.39. The molecule has 2 rings (SSSR count).